The maximum Gasteiger partial charge on any atom is 0.258 e. The highest BCUT2D eigenvalue weighted by Crippen LogP contribution is 2.27. The molecule has 1 fully saturated rings. The van der Waals surface area contributed by atoms with E-state index in [9.17, 15) is 13.2 Å². The minimum Gasteiger partial charge on any atom is -0.271 e. The molecule has 154 valence electrons. The van der Waals surface area contributed by atoms with E-state index in [1.807, 2.05) is 24.3 Å². The van der Waals surface area contributed by atoms with Crippen molar-refractivity contribution in [2.45, 2.75) is 43.5 Å². The van der Waals surface area contributed by atoms with Gasteiger partial charge in [0.25, 0.3) is 5.91 Å². The third-order valence-corrected chi connectivity index (χ3v) is 7.09. The van der Waals surface area contributed by atoms with Crippen molar-refractivity contribution in [1.82, 2.24) is 9.73 Å². The summed E-state index contributed by atoms with van der Waals surface area (Å²) < 4.78 is 27.0. The molecule has 8 heteroatoms. The fourth-order valence-electron chi connectivity index (χ4n) is 3.24. The van der Waals surface area contributed by atoms with E-state index in [2.05, 4.69) is 24.4 Å². The van der Waals surface area contributed by atoms with E-state index >= 15 is 0 Å². The molecule has 1 amide bonds. The molecule has 6 nitrogen and oxygen atoms in total. The van der Waals surface area contributed by atoms with Crippen LogP contribution in [0.25, 0.3) is 0 Å². The zero-order valence-electron chi connectivity index (χ0n) is 16.4. The van der Waals surface area contributed by atoms with Crippen molar-refractivity contribution in [2.24, 2.45) is 5.10 Å². The van der Waals surface area contributed by atoms with E-state index < -0.39 is 22.0 Å². The van der Waals surface area contributed by atoms with Gasteiger partial charge in [-0.15, -0.1) is 0 Å². The number of amides is 1. The summed E-state index contributed by atoms with van der Waals surface area (Å²) in [5.74, 6) is 0.00622. The molecule has 29 heavy (non-hydrogen) atoms. The van der Waals surface area contributed by atoms with Crippen LogP contribution in [0.3, 0.4) is 0 Å². The first kappa shape index (κ1) is 21.5. The Bertz CT molecular complexity index is 987. The standard InChI is InChI=1S/C21H24ClN3O3S/c1-15(2)17-7-5-16(6-8-17)14-23-24-21(26)20-4-3-13-25(20)29(27,28)19-11-9-18(22)10-12-19/h5-12,14-15,20H,3-4,13H2,1-2H3,(H,24,26)/b23-14-/t20-/m1/s1. The van der Waals surface area contributed by atoms with Gasteiger partial charge >= 0.3 is 0 Å². The zero-order chi connectivity index (χ0) is 21.0. The monoisotopic (exact) mass is 433 g/mol. The van der Waals surface area contributed by atoms with Crippen molar-refractivity contribution < 1.29 is 13.2 Å². The molecule has 0 bridgehead atoms. The van der Waals surface area contributed by atoms with Crippen LogP contribution >= 0.6 is 11.6 Å². The SMILES string of the molecule is CC(C)c1ccc(/C=N\NC(=O)[C@H]2CCCN2S(=O)(=O)c2ccc(Cl)cc2)cc1. The Morgan fingerprint density at radius 2 is 1.83 bits per heavy atom. The Balaban J connectivity index is 1.67. The van der Waals surface area contributed by atoms with Crippen molar-refractivity contribution in [3.63, 3.8) is 0 Å². The summed E-state index contributed by atoms with van der Waals surface area (Å²) in [4.78, 5) is 12.7. The van der Waals surface area contributed by atoms with Gasteiger partial charge in [0.1, 0.15) is 6.04 Å². The number of nitrogens with zero attached hydrogens (tertiary/aromatic N) is 2. The summed E-state index contributed by atoms with van der Waals surface area (Å²) in [7, 11) is -3.78. The Hall–Kier alpha value is -2.22. The fraction of sp³-hybridized carbons (Fsp3) is 0.333. The van der Waals surface area contributed by atoms with Crippen molar-refractivity contribution >= 4 is 33.7 Å². The van der Waals surface area contributed by atoms with Crippen molar-refractivity contribution in [3.8, 4) is 0 Å². The molecule has 1 atom stereocenters. The second-order valence-electron chi connectivity index (χ2n) is 7.28. The first-order chi connectivity index (χ1) is 13.8. The number of hydrogen-bond donors (Lipinski definition) is 1. The van der Waals surface area contributed by atoms with Gasteiger partial charge in [-0.05, 0) is 54.2 Å². The molecular formula is C21H24ClN3O3S. The predicted octanol–water partition coefficient (Wildman–Crippen LogP) is 3.77. The van der Waals surface area contributed by atoms with Crippen LogP contribution in [0, 0.1) is 0 Å². The van der Waals surface area contributed by atoms with Crippen LogP contribution in [0.5, 0.6) is 0 Å². The normalized spacial score (nSPS) is 17.9. The molecule has 3 rings (SSSR count). The van der Waals surface area contributed by atoms with Gasteiger partial charge in [0.2, 0.25) is 10.0 Å². The lowest BCUT2D eigenvalue weighted by Crippen LogP contribution is -2.44. The summed E-state index contributed by atoms with van der Waals surface area (Å²) in [6.07, 6.45) is 2.62. The maximum absolute atomic E-state index is 12.9. The van der Waals surface area contributed by atoms with E-state index in [4.69, 9.17) is 11.6 Å². The number of carbonyl (C=O) groups excluding carboxylic acids is 1. The zero-order valence-corrected chi connectivity index (χ0v) is 17.9. The lowest BCUT2D eigenvalue weighted by Gasteiger charge is -2.22. The number of hydrogen-bond acceptors (Lipinski definition) is 4. The third kappa shape index (κ3) is 5.04. The fourth-order valence-corrected chi connectivity index (χ4v) is 5.03. The topological polar surface area (TPSA) is 78.8 Å². The molecule has 0 aromatic heterocycles. The highest BCUT2D eigenvalue weighted by molar-refractivity contribution is 7.89. The van der Waals surface area contributed by atoms with Crippen molar-refractivity contribution in [3.05, 3.63) is 64.7 Å². The molecule has 1 saturated heterocycles. The third-order valence-electron chi connectivity index (χ3n) is 4.92. The summed E-state index contributed by atoms with van der Waals surface area (Å²) in [5, 5.41) is 4.45. The Morgan fingerprint density at radius 3 is 2.45 bits per heavy atom. The number of halogens is 1. The van der Waals surface area contributed by atoms with E-state index in [-0.39, 0.29) is 4.90 Å². The van der Waals surface area contributed by atoms with Crippen molar-refractivity contribution in [2.75, 3.05) is 6.54 Å². The minimum absolute atomic E-state index is 0.121. The van der Waals surface area contributed by atoms with E-state index in [0.29, 0.717) is 30.3 Å². The van der Waals surface area contributed by atoms with Gasteiger partial charge in [0.05, 0.1) is 11.1 Å². The van der Waals surface area contributed by atoms with Crippen LogP contribution in [0.1, 0.15) is 43.7 Å². The number of carbonyl (C=O) groups is 1. The Labute approximate surface area is 176 Å². The number of rotatable bonds is 6. The van der Waals surface area contributed by atoms with Crippen LogP contribution in [-0.4, -0.2) is 37.4 Å². The molecule has 0 radical (unpaired) electrons. The van der Waals surface area contributed by atoms with Gasteiger partial charge in [-0.2, -0.15) is 9.41 Å². The molecule has 0 aliphatic carbocycles. The quantitative estimate of drug-likeness (QED) is 0.556. The molecule has 1 aliphatic heterocycles. The predicted molar refractivity (Wildman–Crippen MR) is 115 cm³/mol. The van der Waals surface area contributed by atoms with Gasteiger partial charge in [0, 0.05) is 11.6 Å². The van der Waals surface area contributed by atoms with Crippen LogP contribution in [0.2, 0.25) is 5.02 Å². The van der Waals surface area contributed by atoms with E-state index in [0.717, 1.165) is 5.56 Å². The largest absolute Gasteiger partial charge is 0.271 e. The lowest BCUT2D eigenvalue weighted by atomic mass is 10.0. The number of sulfonamides is 1. The van der Waals surface area contributed by atoms with Gasteiger partial charge in [0.15, 0.2) is 0 Å². The Morgan fingerprint density at radius 1 is 1.17 bits per heavy atom. The summed E-state index contributed by atoms with van der Waals surface area (Å²) in [6, 6.07) is 13.1. The van der Waals surface area contributed by atoms with Crippen LogP contribution in [-0.2, 0) is 14.8 Å². The first-order valence-electron chi connectivity index (χ1n) is 9.49. The lowest BCUT2D eigenvalue weighted by molar-refractivity contribution is -0.124. The van der Waals surface area contributed by atoms with Gasteiger partial charge in [-0.3, -0.25) is 4.79 Å². The summed E-state index contributed by atoms with van der Waals surface area (Å²) in [5.41, 5.74) is 4.55. The number of benzene rings is 2. The van der Waals surface area contributed by atoms with Crippen LogP contribution in [0.4, 0.5) is 0 Å². The van der Waals surface area contributed by atoms with Crippen LogP contribution in [0.15, 0.2) is 58.5 Å². The van der Waals surface area contributed by atoms with Gasteiger partial charge in [-0.25, -0.2) is 13.8 Å². The molecule has 1 heterocycles. The Kier molecular flexibility index (Phi) is 6.72. The smallest absolute Gasteiger partial charge is 0.258 e. The van der Waals surface area contributed by atoms with E-state index in [1.54, 1.807) is 6.21 Å². The van der Waals surface area contributed by atoms with Crippen LogP contribution < -0.4 is 5.43 Å². The second kappa shape index (κ2) is 9.07. The molecule has 0 spiro atoms. The minimum atomic E-state index is -3.78. The molecule has 0 unspecified atom stereocenters. The number of hydrazone groups is 1. The molecular weight excluding hydrogens is 410 g/mol. The molecule has 0 saturated carbocycles. The average Bonchev–Trinajstić information content (AvgIpc) is 3.19. The average molecular weight is 434 g/mol. The molecule has 2 aromatic rings. The molecule has 2 aromatic carbocycles. The highest BCUT2D eigenvalue weighted by atomic mass is 35.5. The summed E-state index contributed by atoms with van der Waals surface area (Å²) in [6.45, 7) is 4.53. The van der Waals surface area contributed by atoms with E-state index in [1.165, 1.54) is 34.1 Å². The molecule has 1 aliphatic rings. The highest BCUT2D eigenvalue weighted by Gasteiger charge is 2.39. The summed E-state index contributed by atoms with van der Waals surface area (Å²) >= 11 is 5.84. The van der Waals surface area contributed by atoms with Gasteiger partial charge < -0.3 is 0 Å². The maximum atomic E-state index is 12.9. The second-order valence-corrected chi connectivity index (χ2v) is 9.61. The first-order valence-corrected chi connectivity index (χ1v) is 11.3. The van der Waals surface area contributed by atoms with Gasteiger partial charge in [-0.1, -0.05) is 49.7 Å². The number of nitrogens with one attached hydrogen (secondary N) is 1. The van der Waals surface area contributed by atoms with Crippen molar-refractivity contribution in [1.29, 1.82) is 0 Å². The molecule has 1 N–H and O–H groups in total.